The molecule has 0 aliphatic carbocycles. The lowest BCUT2D eigenvalue weighted by atomic mass is 9.83. The second-order valence-corrected chi connectivity index (χ2v) is 8.50. The van der Waals surface area contributed by atoms with Gasteiger partial charge in [-0.05, 0) is 44.5 Å². The number of hydrogen-bond donors (Lipinski definition) is 1. The molecule has 0 saturated carbocycles. The van der Waals surface area contributed by atoms with Crippen molar-refractivity contribution in [3.8, 4) is 11.5 Å². The Labute approximate surface area is 171 Å². The molecule has 0 bridgehead atoms. The van der Waals surface area contributed by atoms with Gasteiger partial charge in [-0.15, -0.1) is 0 Å². The molecular formula is C22H29N3O4. The average Bonchev–Trinajstić information content (AvgIpc) is 3.03. The summed E-state index contributed by atoms with van der Waals surface area (Å²) in [6.45, 7) is 7.14. The fraction of sp³-hybridized carbons (Fsp3) is 0.545. The van der Waals surface area contributed by atoms with Crippen molar-refractivity contribution in [2.75, 3.05) is 13.1 Å². The van der Waals surface area contributed by atoms with E-state index in [1.165, 1.54) is 0 Å². The van der Waals surface area contributed by atoms with Crippen molar-refractivity contribution in [2.45, 2.75) is 57.8 Å². The summed E-state index contributed by atoms with van der Waals surface area (Å²) >= 11 is 0. The Hall–Kier alpha value is -2.54. The predicted molar refractivity (Wildman–Crippen MR) is 108 cm³/mol. The minimum absolute atomic E-state index is 0.0254. The molecule has 0 radical (unpaired) electrons. The fourth-order valence-corrected chi connectivity index (χ4v) is 4.29. The van der Waals surface area contributed by atoms with E-state index in [1.54, 1.807) is 10.9 Å². The van der Waals surface area contributed by atoms with Crippen molar-refractivity contribution in [1.82, 2.24) is 14.7 Å². The molecule has 1 aromatic heterocycles. The number of piperidine rings is 1. The highest BCUT2D eigenvalue weighted by molar-refractivity contribution is 5.94. The zero-order valence-corrected chi connectivity index (χ0v) is 17.5. The number of aliphatic hydroxyl groups is 1. The van der Waals surface area contributed by atoms with Crippen LogP contribution in [0.1, 0.15) is 60.8 Å². The number of nitrogens with zero attached hydrogens (tertiary/aromatic N) is 3. The van der Waals surface area contributed by atoms with E-state index >= 15 is 0 Å². The number of hydrogen-bond acceptors (Lipinski definition) is 5. The number of amides is 1. The van der Waals surface area contributed by atoms with E-state index in [-0.39, 0.29) is 12.0 Å². The van der Waals surface area contributed by atoms with E-state index in [0.29, 0.717) is 49.4 Å². The summed E-state index contributed by atoms with van der Waals surface area (Å²) in [5.74, 6) is 1.49. The Morgan fingerprint density at radius 1 is 1.34 bits per heavy atom. The topological polar surface area (TPSA) is 76.8 Å². The molecule has 4 rings (SSSR count). The van der Waals surface area contributed by atoms with Gasteiger partial charge >= 0.3 is 0 Å². The van der Waals surface area contributed by atoms with Crippen molar-refractivity contribution < 1.29 is 19.4 Å². The molecule has 2 aliphatic rings. The summed E-state index contributed by atoms with van der Waals surface area (Å²) < 4.78 is 13.7. The number of ether oxygens (including phenoxy) is 2. The molecular weight excluding hydrogens is 370 g/mol. The van der Waals surface area contributed by atoms with Crippen molar-refractivity contribution in [3.63, 3.8) is 0 Å². The molecule has 2 aromatic rings. The maximum Gasteiger partial charge on any atom is 0.253 e. The summed E-state index contributed by atoms with van der Waals surface area (Å²) in [7, 11) is 1.82. The molecule has 7 heteroatoms. The van der Waals surface area contributed by atoms with Crippen LogP contribution in [0.4, 0.5) is 0 Å². The molecule has 3 heterocycles. The largest absolute Gasteiger partial charge is 0.491 e. The van der Waals surface area contributed by atoms with Crippen LogP contribution < -0.4 is 9.47 Å². The first-order valence-corrected chi connectivity index (χ1v) is 10.2. The van der Waals surface area contributed by atoms with Crippen LogP contribution in [-0.4, -0.2) is 50.5 Å². The number of likely N-dealkylation sites (tertiary alicyclic amines) is 1. The Bertz CT molecular complexity index is 913. The highest BCUT2D eigenvalue weighted by Crippen LogP contribution is 2.43. The lowest BCUT2D eigenvalue weighted by molar-refractivity contribution is -0.0504. The van der Waals surface area contributed by atoms with Gasteiger partial charge in [0.1, 0.15) is 23.1 Å². The van der Waals surface area contributed by atoms with Gasteiger partial charge in [-0.1, -0.05) is 0 Å². The van der Waals surface area contributed by atoms with E-state index < -0.39 is 11.7 Å². The van der Waals surface area contributed by atoms with Gasteiger partial charge in [0, 0.05) is 45.0 Å². The van der Waals surface area contributed by atoms with Gasteiger partial charge in [0.05, 0.1) is 12.3 Å². The first-order valence-electron chi connectivity index (χ1n) is 10.2. The standard InChI is InChI=1S/C22H29N3O4/c1-14(2)28-18-6-5-16(11-15(18)3)21(27)25-9-7-22(8-10-25)12-17(26)20-19(29-22)13-24(4)23-20/h5-6,11,13-14,17,26H,7-10,12H2,1-4H3. The minimum Gasteiger partial charge on any atom is -0.491 e. The highest BCUT2D eigenvalue weighted by atomic mass is 16.5. The van der Waals surface area contributed by atoms with E-state index in [4.69, 9.17) is 9.47 Å². The van der Waals surface area contributed by atoms with Crippen LogP contribution in [0.5, 0.6) is 11.5 Å². The molecule has 1 N–H and O–H groups in total. The molecule has 2 aliphatic heterocycles. The highest BCUT2D eigenvalue weighted by Gasteiger charge is 2.45. The van der Waals surface area contributed by atoms with Crippen LogP contribution in [0.15, 0.2) is 24.4 Å². The molecule has 1 atom stereocenters. The quantitative estimate of drug-likeness (QED) is 0.859. The SMILES string of the molecule is Cc1cc(C(=O)N2CCC3(CC2)CC(O)c2nn(C)cc2O3)ccc1OC(C)C. The number of aryl methyl sites for hydroxylation is 2. The van der Waals surface area contributed by atoms with Crippen LogP contribution in [0, 0.1) is 6.92 Å². The summed E-state index contributed by atoms with van der Waals surface area (Å²) in [5.41, 5.74) is 1.81. The van der Waals surface area contributed by atoms with E-state index in [2.05, 4.69) is 5.10 Å². The molecule has 1 fully saturated rings. The second-order valence-electron chi connectivity index (χ2n) is 8.50. The zero-order valence-electron chi connectivity index (χ0n) is 17.5. The molecule has 1 amide bonds. The zero-order chi connectivity index (χ0) is 20.8. The van der Waals surface area contributed by atoms with Gasteiger partial charge in [0.25, 0.3) is 5.91 Å². The van der Waals surface area contributed by atoms with Gasteiger partial charge in [0.15, 0.2) is 5.75 Å². The molecule has 1 unspecified atom stereocenters. The maximum atomic E-state index is 13.0. The van der Waals surface area contributed by atoms with Crippen LogP contribution in [-0.2, 0) is 7.05 Å². The van der Waals surface area contributed by atoms with Crippen molar-refractivity contribution in [1.29, 1.82) is 0 Å². The van der Waals surface area contributed by atoms with E-state index in [9.17, 15) is 9.90 Å². The number of aromatic nitrogens is 2. The molecule has 29 heavy (non-hydrogen) atoms. The lowest BCUT2D eigenvalue weighted by Gasteiger charge is -2.44. The van der Waals surface area contributed by atoms with Gasteiger partial charge in [-0.2, -0.15) is 5.10 Å². The first kappa shape index (κ1) is 19.8. The molecule has 7 nitrogen and oxygen atoms in total. The van der Waals surface area contributed by atoms with Crippen molar-refractivity contribution in [3.05, 3.63) is 41.2 Å². The van der Waals surface area contributed by atoms with Gasteiger partial charge in [-0.3, -0.25) is 9.48 Å². The lowest BCUT2D eigenvalue weighted by Crippen LogP contribution is -2.51. The summed E-state index contributed by atoms with van der Waals surface area (Å²) in [5, 5.41) is 14.8. The number of aliphatic hydroxyl groups excluding tert-OH is 1. The number of carbonyl (C=O) groups excluding carboxylic acids is 1. The monoisotopic (exact) mass is 399 g/mol. The van der Waals surface area contributed by atoms with Crippen LogP contribution in [0.2, 0.25) is 0 Å². The Balaban J connectivity index is 1.43. The third kappa shape index (κ3) is 3.83. The minimum atomic E-state index is -0.627. The van der Waals surface area contributed by atoms with Gasteiger partial charge < -0.3 is 19.5 Å². The van der Waals surface area contributed by atoms with Crippen molar-refractivity contribution in [2.24, 2.45) is 7.05 Å². The average molecular weight is 399 g/mol. The van der Waals surface area contributed by atoms with Gasteiger partial charge in [0.2, 0.25) is 0 Å². The molecule has 1 aromatic carbocycles. The van der Waals surface area contributed by atoms with Crippen molar-refractivity contribution >= 4 is 5.91 Å². The Morgan fingerprint density at radius 3 is 2.72 bits per heavy atom. The first-order chi connectivity index (χ1) is 13.8. The number of fused-ring (bicyclic) bond motifs is 1. The second kappa shape index (κ2) is 7.37. The fourth-order valence-electron chi connectivity index (χ4n) is 4.29. The van der Waals surface area contributed by atoms with E-state index in [1.807, 2.05) is 50.9 Å². The third-order valence-electron chi connectivity index (χ3n) is 5.78. The molecule has 156 valence electrons. The summed E-state index contributed by atoms with van der Waals surface area (Å²) in [6.07, 6.45) is 3.17. The van der Waals surface area contributed by atoms with Gasteiger partial charge in [-0.25, -0.2) is 0 Å². The molecule has 1 saturated heterocycles. The van der Waals surface area contributed by atoms with E-state index in [0.717, 1.165) is 11.3 Å². The van der Waals surface area contributed by atoms with Crippen LogP contribution >= 0.6 is 0 Å². The maximum absolute atomic E-state index is 13.0. The summed E-state index contributed by atoms with van der Waals surface area (Å²) in [4.78, 5) is 14.9. The third-order valence-corrected chi connectivity index (χ3v) is 5.78. The normalized spacial score (nSPS) is 20.5. The smallest absolute Gasteiger partial charge is 0.253 e. The number of benzene rings is 1. The number of carbonyl (C=O) groups is 1. The Morgan fingerprint density at radius 2 is 2.07 bits per heavy atom. The van der Waals surface area contributed by atoms with Crippen LogP contribution in [0.25, 0.3) is 0 Å². The van der Waals surface area contributed by atoms with Crippen LogP contribution in [0.3, 0.4) is 0 Å². The Kier molecular flexibility index (Phi) is 5.02. The predicted octanol–water partition coefficient (Wildman–Crippen LogP) is 3.01. The number of rotatable bonds is 3. The molecule has 1 spiro atoms. The summed E-state index contributed by atoms with van der Waals surface area (Å²) in [6, 6.07) is 5.60.